The SMILES string of the molecule is COC(=O)c1c(C)cc(N2CCCNCC2)nc1C.Cl. The molecule has 0 radical (unpaired) electrons. The van der Waals surface area contributed by atoms with Crippen molar-refractivity contribution in [2.45, 2.75) is 20.3 Å². The van der Waals surface area contributed by atoms with Gasteiger partial charge in [-0.3, -0.25) is 0 Å². The van der Waals surface area contributed by atoms with Crippen molar-refractivity contribution >= 4 is 24.2 Å². The van der Waals surface area contributed by atoms with Crippen molar-refractivity contribution in [3.8, 4) is 0 Å². The molecule has 0 amide bonds. The molecule has 1 aromatic heterocycles. The first-order valence-electron chi connectivity index (χ1n) is 6.65. The van der Waals surface area contributed by atoms with Gasteiger partial charge in [-0.05, 0) is 38.4 Å². The van der Waals surface area contributed by atoms with Crippen LogP contribution in [0.5, 0.6) is 0 Å². The van der Waals surface area contributed by atoms with Gasteiger partial charge in [-0.2, -0.15) is 0 Å². The molecule has 0 aliphatic carbocycles. The van der Waals surface area contributed by atoms with Gasteiger partial charge >= 0.3 is 5.97 Å². The highest BCUT2D eigenvalue weighted by Gasteiger charge is 2.18. The smallest absolute Gasteiger partial charge is 0.339 e. The zero-order chi connectivity index (χ0) is 13.8. The van der Waals surface area contributed by atoms with E-state index in [2.05, 4.69) is 15.2 Å². The zero-order valence-electron chi connectivity index (χ0n) is 12.2. The van der Waals surface area contributed by atoms with E-state index >= 15 is 0 Å². The molecule has 1 aliphatic rings. The second-order valence-corrected chi connectivity index (χ2v) is 4.84. The largest absolute Gasteiger partial charge is 0.465 e. The molecule has 1 N–H and O–H groups in total. The van der Waals surface area contributed by atoms with Crippen LogP contribution < -0.4 is 10.2 Å². The molecular weight excluding hydrogens is 278 g/mol. The van der Waals surface area contributed by atoms with Crippen molar-refractivity contribution < 1.29 is 9.53 Å². The van der Waals surface area contributed by atoms with Gasteiger partial charge in [0.05, 0.1) is 18.4 Å². The van der Waals surface area contributed by atoms with E-state index in [1.165, 1.54) is 7.11 Å². The summed E-state index contributed by atoms with van der Waals surface area (Å²) in [7, 11) is 1.40. The maximum Gasteiger partial charge on any atom is 0.339 e. The molecule has 1 fully saturated rings. The Hall–Kier alpha value is -1.33. The predicted octanol–water partition coefficient (Wildman–Crippen LogP) is 1.71. The molecule has 20 heavy (non-hydrogen) atoms. The maximum absolute atomic E-state index is 11.7. The summed E-state index contributed by atoms with van der Waals surface area (Å²) in [6.07, 6.45) is 1.11. The van der Waals surface area contributed by atoms with Gasteiger partial charge in [0, 0.05) is 19.6 Å². The van der Waals surface area contributed by atoms with Crippen molar-refractivity contribution in [2.75, 3.05) is 38.2 Å². The first-order valence-corrected chi connectivity index (χ1v) is 6.65. The van der Waals surface area contributed by atoms with E-state index in [4.69, 9.17) is 4.74 Å². The number of carbonyl (C=O) groups excluding carboxylic acids is 1. The summed E-state index contributed by atoms with van der Waals surface area (Å²) in [5, 5.41) is 3.37. The number of halogens is 1. The molecule has 1 aromatic rings. The Morgan fingerprint density at radius 2 is 2.10 bits per heavy atom. The Morgan fingerprint density at radius 3 is 2.75 bits per heavy atom. The minimum absolute atomic E-state index is 0. The lowest BCUT2D eigenvalue weighted by molar-refractivity contribution is 0.0598. The van der Waals surface area contributed by atoms with Gasteiger partial charge < -0.3 is 15.0 Å². The van der Waals surface area contributed by atoms with Crippen LogP contribution in [-0.4, -0.2) is 44.2 Å². The molecule has 0 bridgehead atoms. The molecule has 1 aliphatic heterocycles. The van der Waals surface area contributed by atoms with E-state index in [0.717, 1.165) is 49.7 Å². The standard InChI is InChI=1S/C14H21N3O2.ClH/c1-10-9-12(17-7-4-5-15-6-8-17)16-11(2)13(10)14(18)19-3;/h9,15H,4-8H2,1-3H3;1H. The van der Waals surface area contributed by atoms with Crippen molar-refractivity contribution in [3.63, 3.8) is 0 Å². The number of aromatic nitrogens is 1. The first-order chi connectivity index (χ1) is 9.13. The maximum atomic E-state index is 11.7. The third-order valence-corrected chi connectivity index (χ3v) is 3.44. The van der Waals surface area contributed by atoms with E-state index in [9.17, 15) is 4.79 Å². The Morgan fingerprint density at radius 1 is 1.35 bits per heavy atom. The quantitative estimate of drug-likeness (QED) is 0.843. The normalized spacial score (nSPS) is 15.2. The number of nitrogens with one attached hydrogen (secondary N) is 1. The topological polar surface area (TPSA) is 54.5 Å². The second kappa shape index (κ2) is 7.45. The highest BCUT2D eigenvalue weighted by molar-refractivity contribution is 5.92. The van der Waals surface area contributed by atoms with Gasteiger partial charge in [0.25, 0.3) is 0 Å². The van der Waals surface area contributed by atoms with Crippen LogP contribution in [0.2, 0.25) is 0 Å². The monoisotopic (exact) mass is 299 g/mol. The number of methoxy groups -OCH3 is 1. The van der Waals surface area contributed by atoms with Crippen LogP contribution in [0, 0.1) is 13.8 Å². The summed E-state index contributed by atoms with van der Waals surface area (Å²) in [5.41, 5.74) is 2.24. The van der Waals surface area contributed by atoms with E-state index in [0.29, 0.717) is 5.56 Å². The Kier molecular flexibility index (Phi) is 6.23. The molecule has 0 saturated carbocycles. The second-order valence-electron chi connectivity index (χ2n) is 4.84. The lowest BCUT2D eigenvalue weighted by Crippen LogP contribution is -2.29. The molecule has 6 heteroatoms. The van der Waals surface area contributed by atoms with E-state index in [-0.39, 0.29) is 18.4 Å². The number of hydrogen-bond acceptors (Lipinski definition) is 5. The fraction of sp³-hybridized carbons (Fsp3) is 0.571. The number of aryl methyl sites for hydroxylation is 2. The Labute approximate surface area is 126 Å². The minimum Gasteiger partial charge on any atom is -0.465 e. The van der Waals surface area contributed by atoms with Crippen molar-refractivity contribution in [3.05, 3.63) is 22.9 Å². The fourth-order valence-electron chi connectivity index (χ4n) is 2.46. The van der Waals surface area contributed by atoms with Crippen molar-refractivity contribution in [2.24, 2.45) is 0 Å². The van der Waals surface area contributed by atoms with Gasteiger partial charge in [0.1, 0.15) is 5.82 Å². The van der Waals surface area contributed by atoms with Crippen molar-refractivity contribution in [1.29, 1.82) is 0 Å². The predicted molar refractivity (Wildman–Crippen MR) is 82.0 cm³/mol. The number of hydrogen-bond donors (Lipinski definition) is 1. The van der Waals surface area contributed by atoms with Crippen LogP contribution in [0.25, 0.3) is 0 Å². The summed E-state index contributed by atoms with van der Waals surface area (Å²) in [5.74, 6) is 0.637. The number of carbonyl (C=O) groups is 1. The molecule has 1 saturated heterocycles. The highest BCUT2D eigenvalue weighted by Crippen LogP contribution is 2.20. The molecule has 112 valence electrons. The third-order valence-electron chi connectivity index (χ3n) is 3.44. The van der Waals surface area contributed by atoms with Crippen LogP contribution >= 0.6 is 12.4 Å². The molecule has 5 nitrogen and oxygen atoms in total. The molecule has 0 aromatic carbocycles. The van der Waals surface area contributed by atoms with E-state index < -0.39 is 0 Å². The first kappa shape index (κ1) is 16.7. The van der Waals surface area contributed by atoms with Gasteiger partial charge in [-0.25, -0.2) is 9.78 Å². The van der Waals surface area contributed by atoms with Crippen LogP contribution in [0.1, 0.15) is 28.0 Å². The lowest BCUT2D eigenvalue weighted by Gasteiger charge is -2.22. The Bertz CT molecular complexity index is 448. The zero-order valence-corrected chi connectivity index (χ0v) is 13.0. The van der Waals surface area contributed by atoms with E-state index in [1.54, 1.807) is 0 Å². The molecule has 2 heterocycles. The summed E-state index contributed by atoms with van der Waals surface area (Å²) in [6.45, 7) is 7.76. The third kappa shape index (κ3) is 3.61. The summed E-state index contributed by atoms with van der Waals surface area (Å²) in [4.78, 5) is 18.5. The molecule has 0 spiro atoms. The molecular formula is C14H22ClN3O2. The molecule has 2 rings (SSSR count). The van der Waals surface area contributed by atoms with Crippen molar-refractivity contribution in [1.82, 2.24) is 10.3 Å². The van der Waals surface area contributed by atoms with Gasteiger partial charge in [0.15, 0.2) is 0 Å². The number of rotatable bonds is 2. The molecule has 0 unspecified atom stereocenters. The van der Waals surface area contributed by atoms with Gasteiger partial charge in [0.2, 0.25) is 0 Å². The van der Waals surface area contributed by atoms with E-state index in [1.807, 2.05) is 19.9 Å². The summed E-state index contributed by atoms with van der Waals surface area (Å²) >= 11 is 0. The highest BCUT2D eigenvalue weighted by atomic mass is 35.5. The number of anilines is 1. The average Bonchev–Trinajstić information content (AvgIpc) is 2.66. The fourth-order valence-corrected chi connectivity index (χ4v) is 2.46. The van der Waals surface area contributed by atoms with Crippen LogP contribution in [-0.2, 0) is 4.74 Å². The van der Waals surface area contributed by atoms with Gasteiger partial charge in [-0.1, -0.05) is 0 Å². The van der Waals surface area contributed by atoms with Crippen LogP contribution in [0.15, 0.2) is 6.07 Å². The minimum atomic E-state index is -0.313. The lowest BCUT2D eigenvalue weighted by atomic mass is 10.1. The van der Waals surface area contributed by atoms with Crippen LogP contribution in [0.3, 0.4) is 0 Å². The van der Waals surface area contributed by atoms with Crippen LogP contribution in [0.4, 0.5) is 5.82 Å². The molecule has 0 atom stereocenters. The number of esters is 1. The summed E-state index contributed by atoms with van der Waals surface area (Å²) < 4.78 is 4.80. The number of pyridine rings is 1. The van der Waals surface area contributed by atoms with Gasteiger partial charge in [-0.15, -0.1) is 12.4 Å². The Balaban J connectivity index is 0.00000200. The average molecular weight is 300 g/mol. The summed E-state index contributed by atoms with van der Waals surface area (Å²) in [6, 6.07) is 1.98. The number of nitrogens with zero attached hydrogens (tertiary/aromatic N) is 2. The number of ether oxygens (including phenoxy) is 1.